The third kappa shape index (κ3) is 2.24. The standard InChI is InChI=1S/C17H20N2O2/c1-10(2)12-5-4-6-13-14(12)9-19(17(13)21)15-8-7-11(3)18-16(15)20/h4-6,10,15H,3,7-9H2,1-2H3,(H,18,20)/t15-/m1/s1. The molecule has 2 aliphatic heterocycles. The number of allylic oxidation sites excluding steroid dienone is 1. The van der Waals surface area contributed by atoms with Gasteiger partial charge in [0.2, 0.25) is 5.91 Å². The Kier molecular flexibility index (Phi) is 3.32. The van der Waals surface area contributed by atoms with E-state index in [0.29, 0.717) is 18.9 Å². The van der Waals surface area contributed by atoms with Crippen LogP contribution in [0.3, 0.4) is 0 Å². The first-order valence-corrected chi connectivity index (χ1v) is 7.40. The second-order valence-electron chi connectivity index (χ2n) is 6.11. The quantitative estimate of drug-likeness (QED) is 0.907. The highest BCUT2D eigenvalue weighted by molar-refractivity contribution is 6.01. The van der Waals surface area contributed by atoms with E-state index in [2.05, 4.69) is 31.8 Å². The van der Waals surface area contributed by atoms with Gasteiger partial charge in [0, 0.05) is 17.8 Å². The molecule has 3 rings (SSSR count). The molecule has 0 bridgehead atoms. The molecular formula is C17H20N2O2. The van der Waals surface area contributed by atoms with Gasteiger partial charge in [-0.05, 0) is 36.0 Å². The van der Waals surface area contributed by atoms with E-state index < -0.39 is 0 Å². The van der Waals surface area contributed by atoms with Gasteiger partial charge in [-0.25, -0.2) is 0 Å². The molecule has 4 nitrogen and oxygen atoms in total. The molecule has 2 aliphatic rings. The number of carbonyl (C=O) groups is 2. The Morgan fingerprint density at radius 1 is 1.33 bits per heavy atom. The van der Waals surface area contributed by atoms with E-state index in [9.17, 15) is 9.59 Å². The lowest BCUT2D eigenvalue weighted by molar-refractivity contribution is -0.126. The number of amides is 2. The average Bonchev–Trinajstić information content (AvgIpc) is 2.76. The number of rotatable bonds is 2. The second kappa shape index (κ2) is 5.02. The summed E-state index contributed by atoms with van der Waals surface area (Å²) < 4.78 is 0. The molecule has 1 aromatic carbocycles. The van der Waals surface area contributed by atoms with Crippen molar-refractivity contribution in [3.63, 3.8) is 0 Å². The highest BCUT2D eigenvalue weighted by Gasteiger charge is 2.38. The van der Waals surface area contributed by atoms with E-state index in [1.165, 1.54) is 5.56 Å². The van der Waals surface area contributed by atoms with Crippen LogP contribution in [-0.2, 0) is 11.3 Å². The molecule has 21 heavy (non-hydrogen) atoms. The summed E-state index contributed by atoms with van der Waals surface area (Å²) in [6.45, 7) is 8.57. The van der Waals surface area contributed by atoms with Gasteiger partial charge in [-0.15, -0.1) is 0 Å². The van der Waals surface area contributed by atoms with Crippen LogP contribution in [-0.4, -0.2) is 22.8 Å². The fourth-order valence-electron chi connectivity index (χ4n) is 3.23. The topological polar surface area (TPSA) is 49.4 Å². The minimum Gasteiger partial charge on any atom is -0.329 e. The number of fused-ring (bicyclic) bond motifs is 1. The van der Waals surface area contributed by atoms with Gasteiger partial charge >= 0.3 is 0 Å². The van der Waals surface area contributed by atoms with Crippen LogP contribution in [0, 0.1) is 0 Å². The van der Waals surface area contributed by atoms with Crippen molar-refractivity contribution in [2.24, 2.45) is 0 Å². The van der Waals surface area contributed by atoms with Gasteiger partial charge < -0.3 is 10.2 Å². The van der Waals surface area contributed by atoms with Crippen LogP contribution in [0.25, 0.3) is 0 Å². The van der Waals surface area contributed by atoms with Crippen molar-refractivity contribution in [3.8, 4) is 0 Å². The number of benzene rings is 1. The Morgan fingerprint density at radius 3 is 2.76 bits per heavy atom. The van der Waals surface area contributed by atoms with Gasteiger partial charge in [-0.2, -0.15) is 0 Å². The van der Waals surface area contributed by atoms with Crippen LogP contribution in [0.5, 0.6) is 0 Å². The van der Waals surface area contributed by atoms with Crippen molar-refractivity contribution >= 4 is 11.8 Å². The molecule has 2 amide bonds. The highest BCUT2D eigenvalue weighted by Crippen LogP contribution is 2.33. The van der Waals surface area contributed by atoms with Crippen LogP contribution in [0.15, 0.2) is 30.5 Å². The fourth-order valence-corrected chi connectivity index (χ4v) is 3.23. The monoisotopic (exact) mass is 284 g/mol. The molecule has 0 radical (unpaired) electrons. The number of piperidine rings is 1. The van der Waals surface area contributed by atoms with E-state index >= 15 is 0 Å². The van der Waals surface area contributed by atoms with E-state index in [4.69, 9.17) is 0 Å². The summed E-state index contributed by atoms with van der Waals surface area (Å²) in [5.74, 6) is 0.228. The predicted molar refractivity (Wildman–Crippen MR) is 80.7 cm³/mol. The van der Waals surface area contributed by atoms with Crippen LogP contribution >= 0.6 is 0 Å². The van der Waals surface area contributed by atoms with Crippen LogP contribution < -0.4 is 5.32 Å². The van der Waals surface area contributed by atoms with Crippen LogP contribution in [0.4, 0.5) is 0 Å². The van der Waals surface area contributed by atoms with Gasteiger partial charge in [0.15, 0.2) is 0 Å². The van der Waals surface area contributed by atoms with Gasteiger partial charge in [-0.3, -0.25) is 9.59 Å². The zero-order valence-corrected chi connectivity index (χ0v) is 12.5. The summed E-state index contributed by atoms with van der Waals surface area (Å²) in [7, 11) is 0. The molecule has 1 atom stereocenters. The Morgan fingerprint density at radius 2 is 2.10 bits per heavy atom. The first kappa shape index (κ1) is 13.9. The number of nitrogens with zero attached hydrogens (tertiary/aromatic N) is 1. The van der Waals surface area contributed by atoms with E-state index in [1.807, 2.05) is 12.1 Å². The molecule has 1 saturated heterocycles. The average molecular weight is 284 g/mol. The van der Waals surface area contributed by atoms with Gasteiger partial charge in [0.25, 0.3) is 5.91 Å². The summed E-state index contributed by atoms with van der Waals surface area (Å²) in [4.78, 5) is 26.5. The lowest BCUT2D eigenvalue weighted by atomic mass is 9.95. The van der Waals surface area contributed by atoms with Crippen molar-refractivity contribution in [1.29, 1.82) is 0 Å². The highest BCUT2D eigenvalue weighted by atomic mass is 16.2. The molecule has 0 aliphatic carbocycles. The number of hydrogen-bond acceptors (Lipinski definition) is 2. The third-order valence-corrected chi connectivity index (χ3v) is 4.35. The Hall–Kier alpha value is -2.10. The second-order valence-corrected chi connectivity index (χ2v) is 6.11. The maximum atomic E-state index is 12.6. The van der Waals surface area contributed by atoms with Crippen molar-refractivity contribution in [2.45, 2.75) is 45.2 Å². The Bertz CT molecular complexity index is 634. The first-order valence-electron chi connectivity index (χ1n) is 7.40. The van der Waals surface area contributed by atoms with E-state index in [-0.39, 0.29) is 17.9 Å². The number of nitrogens with one attached hydrogen (secondary N) is 1. The number of carbonyl (C=O) groups excluding carboxylic acids is 2. The molecule has 4 heteroatoms. The molecule has 0 spiro atoms. The third-order valence-electron chi connectivity index (χ3n) is 4.35. The van der Waals surface area contributed by atoms with Gasteiger partial charge in [0.05, 0.1) is 0 Å². The van der Waals surface area contributed by atoms with E-state index in [1.54, 1.807) is 4.90 Å². The van der Waals surface area contributed by atoms with Gasteiger partial charge in [-0.1, -0.05) is 32.6 Å². The number of hydrogen-bond donors (Lipinski definition) is 1. The summed E-state index contributed by atoms with van der Waals surface area (Å²) >= 11 is 0. The summed E-state index contributed by atoms with van der Waals surface area (Å²) in [5.41, 5.74) is 3.76. The molecule has 1 N–H and O–H groups in total. The lowest BCUT2D eigenvalue weighted by Gasteiger charge is -2.31. The van der Waals surface area contributed by atoms with Crippen LogP contribution in [0.1, 0.15) is 54.1 Å². The van der Waals surface area contributed by atoms with Crippen molar-refractivity contribution < 1.29 is 9.59 Å². The molecule has 0 unspecified atom stereocenters. The Labute approximate surface area is 124 Å². The largest absolute Gasteiger partial charge is 0.329 e. The predicted octanol–water partition coefficient (Wildman–Crippen LogP) is 2.56. The zero-order chi connectivity index (χ0) is 15.1. The van der Waals surface area contributed by atoms with Crippen molar-refractivity contribution in [1.82, 2.24) is 10.2 Å². The molecule has 0 aromatic heterocycles. The van der Waals surface area contributed by atoms with Crippen molar-refractivity contribution in [3.05, 3.63) is 47.2 Å². The summed E-state index contributed by atoms with van der Waals surface area (Å²) in [5, 5.41) is 2.76. The smallest absolute Gasteiger partial charge is 0.255 e. The first-order chi connectivity index (χ1) is 9.99. The SMILES string of the molecule is C=C1CC[C@@H](N2Cc3c(cccc3C(C)C)C2=O)C(=O)N1. The summed E-state index contributed by atoms with van der Waals surface area (Å²) in [6.07, 6.45) is 1.38. The molecule has 1 fully saturated rings. The van der Waals surface area contributed by atoms with Crippen LogP contribution in [0.2, 0.25) is 0 Å². The summed E-state index contributed by atoms with van der Waals surface area (Å²) in [6, 6.07) is 5.49. The fraction of sp³-hybridized carbons (Fsp3) is 0.412. The molecule has 1 aromatic rings. The molecular weight excluding hydrogens is 264 g/mol. The maximum Gasteiger partial charge on any atom is 0.255 e. The maximum absolute atomic E-state index is 12.6. The minimum atomic E-state index is -0.379. The van der Waals surface area contributed by atoms with Crippen molar-refractivity contribution in [2.75, 3.05) is 0 Å². The normalized spacial score (nSPS) is 21.8. The Balaban J connectivity index is 1.92. The molecule has 110 valence electrons. The molecule has 2 heterocycles. The zero-order valence-electron chi connectivity index (χ0n) is 12.5. The lowest BCUT2D eigenvalue weighted by Crippen LogP contribution is -2.49. The van der Waals surface area contributed by atoms with E-state index in [0.717, 1.165) is 23.2 Å². The van der Waals surface area contributed by atoms with Gasteiger partial charge in [0.1, 0.15) is 6.04 Å². The molecule has 0 saturated carbocycles. The minimum absolute atomic E-state index is 0.0276.